The topological polar surface area (TPSA) is 143 Å². The lowest BCUT2D eigenvalue weighted by atomic mass is 9.96. The Morgan fingerprint density at radius 1 is 1.09 bits per heavy atom. The van der Waals surface area contributed by atoms with Crippen LogP contribution in [0.5, 0.6) is 0 Å². The Kier molecular flexibility index (Phi) is 7.07. The first-order valence-electron chi connectivity index (χ1n) is 9.79. The van der Waals surface area contributed by atoms with Gasteiger partial charge in [0.05, 0.1) is 5.56 Å². The van der Waals surface area contributed by atoms with Crippen LogP contribution in [0, 0.1) is 0 Å². The molecule has 1 aromatic heterocycles. The minimum atomic E-state index is -2.11. The second-order valence-electron chi connectivity index (χ2n) is 7.27. The van der Waals surface area contributed by atoms with Crippen molar-refractivity contribution in [2.75, 3.05) is 13.3 Å². The van der Waals surface area contributed by atoms with Gasteiger partial charge in [0.2, 0.25) is 0 Å². The van der Waals surface area contributed by atoms with Gasteiger partial charge in [-0.05, 0) is 12.1 Å². The molecule has 0 aliphatic carbocycles. The van der Waals surface area contributed by atoms with Gasteiger partial charge in [-0.25, -0.2) is 14.0 Å². The zero-order valence-electron chi connectivity index (χ0n) is 17.7. The Bertz CT molecular complexity index is 1150. The van der Waals surface area contributed by atoms with Crippen LogP contribution >= 0.6 is 0 Å². The summed E-state index contributed by atoms with van der Waals surface area (Å²) in [5.41, 5.74) is -3.58. The van der Waals surface area contributed by atoms with E-state index in [1.165, 1.54) is 12.1 Å². The normalized spacial score (nSPS) is 24.2. The summed E-state index contributed by atoms with van der Waals surface area (Å²) >= 11 is 0. The number of carbonyl (C=O) groups is 3. The van der Waals surface area contributed by atoms with Crippen molar-refractivity contribution in [2.45, 2.75) is 37.9 Å². The maximum absolute atomic E-state index is 14.5. The maximum Gasteiger partial charge on any atom is 0.338 e. The van der Waals surface area contributed by atoms with Crippen LogP contribution in [0.15, 0.2) is 52.2 Å². The highest BCUT2D eigenvalue weighted by molar-refractivity contribution is 5.89. The minimum Gasteiger partial charge on any atom is -0.459 e. The summed E-state index contributed by atoms with van der Waals surface area (Å²) in [6, 6.07) is 8.85. The molecule has 0 amide bonds. The number of ether oxygens (including phenoxy) is 4. The van der Waals surface area contributed by atoms with Crippen molar-refractivity contribution in [3.63, 3.8) is 0 Å². The number of benzene rings is 1. The molecule has 0 saturated carbocycles. The van der Waals surface area contributed by atoms with Crippen LogP contribution < -0.4 is 11.2 Å². The summed E-state index contributed by atoms with van der Waals surface area (Å²) in [4.78, 5) is 61.7. The van der Waals surface area contributed by atoms with E-state index in [9.17, 15) is 28.4 Å². The number of aromatic nitrogens is 2. The molecule has 1 aliphatic heterocycles. The summed E-state index contributed by atoms with van der Waals surface area (Å²) in [5, 5.41) is 0. The Labute approximate surface area is 186 Å². The molecule has 1 unspecified atom stereocenters. The number of hydrogen-bond donors (Lipinski definition) is 1. The number of alkyl halides is 1. The number of halogens is 1. The van der Waals surface area contributed by atoms with E-state index in [0.717, 1.165) is 30.7 Å². The number of carbonyl (C=O) groups excluding carboxylic acids is 3. The predicted molar refractivity (Wildman–Crippen MR) is 108 cm³/mol. The molecule has 33 heavy (non-hydrogen) atoms. The van der Waals surface area contributed by atoms with Gasteiger partial charge in [-0.1, -0.05) is 18.2 Å². The molecule has 1 aromatic carbocycles. The lowest BCUT2D eigenvalue weighted by molar-refractivity contribution is -0.173. The third kappa shape index (κ3) is 5.17. The highest BCUT2D eigenvalue weighted by atomic mass is 19.1. The maximum atomic E-state index is 14.5. The summed E-state index contributed by atoms with van der Waals surface area (Å²) in [5.74, 6) is -2.50. The van der Waals surface area contributed by atoms with Crippen molar-refractivity contribution in [2.24, 2.45) is 0 Å². The van der Waals surface area contributed by atoms with E-state index >= 15 is 0 Å². The molecule has 2 heterocycles. The number of esters is 3. The van der Waals surface area contributed by atoms with Crippen molar-refractivity contribution in [3.05, 3.63) is 69.0 Å². The fourth-order valence-corrected chi connectivity index (χ4v) is 3.44. The van der Waals surface area contributed by atoms with Gasteiger partial charge in [-0.15, -0.1) is 0 Å². The molecule has 12 heteroatoms. The average Bonchev–Trinajstić information content (AvgIpc) is 3.05. The Morgan fingerprint density at radius 3 is 2.33 bits per heavy atom. The van der Waals surface area contributed by atoms with Gasteiger partial charge >= 0.3 is 23.6 Å². The van der Waals surface area contributed by atoms with Gasteiger partial charge in [0, 0.05) is 26.1 Å². The van der Waals surface area contributed by atoms with Gasteiger partial charge in [0.1, 0.15) is 13.3 Å². The molecule has 0 bridgehead atoms. The number of H-pyrrole nitrogens is 1. The number of nitrogens with zero attached hydrogens (tertiary/aromatic N) is 1. The summed E-state index contributed by atoms with van der Waals surface area (Å²) in [7, 11) is 0. The van der Waals surface area contributed by atoms with Crippen LogP contribution in [0.3, 0.4) is 0 Å². The summed E-state index contributed by atoms with van der Waals surface area (Å²) < 4.78 is 36.8. The van der Waals surface area contributed by atoms with Gasteiger partial charge in [0.15, 0.2) is 24.0 Å². The summed E-state index contributed by atoms with van der Waals surface area (Å²) in [6.07, 6.45) is -3.54. The monoisotopic (exact) mass is 464 g/mol. The van der Waals surface area contributed by atoms with E-state index in [1.54, 1.807) is 18.2 Å². The van der Waals surface area contributed by atoms with Crippen LogP contribution in [0.25, 0.3) is 0 Å². The van der Waals surface area contributed by atoms with Gasteiger partial charge in [-0.2, -0.15) is 0 Å². The van der Waals surface area contributed by atoms with Crippen LogP contribution in [0.2, 0.25) is 0 Å². The molecule has 3 rings (SSSR count). The van der Waals surface area contributed by atoms with Crippen molar-refractivity contribution < 1.29 is 37.7 Å². The van der Waals surface area contributed by atoms with Crippen LogP contribution in [0.1, 0.15) is 30.4 Å². The predicted octanol–water partition coefficient (Wildman–Crippen LogP) is 0.494. The van der Waals surface area contributed by atoms with E-state index in [-0.39, 0.29) is 5.56 Å². The minimum absolute atomic E-state index is 0.179. The smallest absolute Gasteiger partial charge is 0.338 e. The number of aromatic amines is 1. The Hall–Kier alpha value is -3.80. The molecular formula is C21H21FN2O9. The highest BCUT2D eigenvalue weighted by Gasteiger charge is 2.61. The fraction of sp³-hybridized carbons (Fsp3) is 0.381. The Balaban J connectivity index is 2.01. The fourth-order valence-electron chi connectivity index (χ4n) is 3.44. The van der Waals surface area contributed by atoms with E-state index in [0.29, 0.717) is 0 Å². The molecule has 2 aromatic rings. The summed E-state index contributed by atoms with van der Waals surface area (Å²) in [6.45, 7) is 0.0344. The van der Waals surface area contributed by atoms with Gasteiger partial charge in [-0.3, -0.25) is 23.9 Å². The van der Waals surface area contributed by atoms with Crippen molar-refractivity contribution >= 4 is 17.9 Å². The molecule has 1 N–H and O–H groups in total. The first-order valence-corrected chi connectivity index (χ1v) is 9.79. The molecule has 176 valence electrons. The van der Waals surface area contributed by atoms with Gasteiger partial charge < -0.3 is 18.9 Å². The molecule has 4 atom stereocenters. The van der Waals surface area contributed by atoms with Crippen molar-refractivity contribution in [1.29, 1.82) is 0 Å². The molecular weight excluding hydrogens is 443 g/mol. The molecule has 11 nitrogen and oxygen atoms in total. The lowest BCUT2D eigenvalue weighted by Gasteiger charge is -2.31. The molecule has 1 fully saturated rings. The van der Waals surface area contributed by atoms with E-state index in [4.69, 9.17) is 18.9 Å². The number of rotatable bonds is 7. The SMILES string of the molecule is CC(=O)OC1[C@H](n2ccc(=O)[nH]c2=O)O[C@](CF)(COC(=O)c2ccccc2)[C@@H]1OC(C)=O. The molecule has 0 spiro atoms. The van der Waals surface area contributed by atoms with Crippen LogP contribution in [-0.2, 0) is 28.5 Å². The number of hydrogen-bond acceptors (Lipinski definition) is 9. The average molecular weight is 464 g/mol. The van der Waals surface area contributed by atoms with Crippen LogP contribution in [0.4, 0.5) is 4.39 Å². The largest absolute Gasteiger partial charge is 0.459 e. The van der Waals surface area contributed by atoms with Crippen molar-refractivity contribution in [3.8, 4) is 0 Å². The van der Waals surface area contributed by atoms with Gasteiger partial charge in [0.25, 0.3) is 5.56 Å². The first-order chi connectivity index (χ1) is 15.7. The zero-order chi connectivity index (χ0) is 24.2. The van der Waals surface area contributed by atoms with E-state index in [1.807, 2.05) is 4.98 Å². The second kappa shape index (κ2) is 9.77. The standard InChI is InChI=1S/C21H21FN2O9/c1-12(25)31-16-17(32-13(2)26)21(10-22,11-30-19(28)14-6-4-3-5-7-14)33-18(16)24-9-8-15(27)23-20(24)29/h3-9,16-18H,10-11H2,1-2H3,(H,23,27,29)/t16?,17-,18-,21-/m1/s1. The van der Waals surface area contributed by atoms with Crippen molar-refractivity contribution in [1.82, 2.24) is 9.55 Å². The third-order valence-electron chi connectivity index (χ3n) is 4.86. The quantitative estimate of drug-likeness (QED) is 0.457. The highest BCUT2D eigenvalue weighted by Crippen LogP contribution is 2.41. The number of nitrogens with one attached hydrogen (secondary N) is 1. The molecule has 1 saturated heterocycles. The zero-order valence-corrected chi connectivity index (χ0v) is 17.7. The first kappa shape index (κ1) is 23.9. The third-order valence-corrected chi connectivity index (χ3v) is 4.86. The van der Waals surface area contributed by atoms with E-state index < -0.39 is 66.5 Å². The second-order valence-corrected chi connectivity index (χ2v) is 7.27. The lowest BCUT2D eigenvalue weighted by Crippen LogP contribution is -2.52. The molecule has 1 aliphatic rings. The van der Waals surface area contributed by atoms with Crippen LogP contribution in [-0.4, -0.2) is 58.5 Å². The molecule has 0 radical (unpaired) electrons. The Morgan fingerprint density at radius 2 is 1.76 bits per heavy atom. The van der Waals surface area contributed by atoms with E-state index in [2.05, 4.69) is 0 Å².